The Balaban J connectivity index is 1.41. The first-order chi connectivity index (χ1) is 12.2. The molecule has 0 saturated heterocycles. The van der Waals surface area contributed by atoms with E-state index < -0.39 is 6.10 Å². The van der Waals surface area contributed by atoms with Crippen LogP contribution in [0, 0.1) is 6.92 Å². The summed E-state index contributed by atoms with van der Waals surface area (Å²) in [6, 6.07) is 20.5. The van der Waals surface area contributed by atoms with Gasteiger partial charge in [0.05, 0.1) is 11.8 Å². The third-order valence-corrected chi connectivity index (χ3v) is 4.28. The number of aromatic nitrogens is 2. The van der Waals surface area contributed by atoms with Crippen LogP contribution in [-0.2, 0) is 12.8 Å². The lowest BCUT2D eigenvalue weighted by atomic mass is 10.1. The maximum atomic E-state index is 10.1. The van der Waals surface area contributed by atoms with Gasteiger partial charge in [0.15, 0.2) is 0 Å². The van der Waals surface area contributed by atoms with E-state index in [1.54, 1.807) is 0 Å². The smallest absolute Gasteiger partial charge is 0.0914 e. The number of aromatic amines is 1. The van der Waals surface area contributed by atoms with Gasteiger partial charge in [-0.1, -0.05) is 54.6 Å². The summed E-state index contributed by atoms with van der Waals surface area (Å²) in [6.07, 6.45) is 1.34. The molecule has 0 spiro atoms. The van der Waals surface area contributed by atoms with Crippen LogP contribution in [0.1, 0.15) is 34.2 Å². The van der Waals surface area contributed by atoms with E-state index in [-0.39, 0.29) is 0 Å². The summed E-state index contributed by atoms with van der Waals surface area (Å²) in [5.41, 5.74) is 5.68. The maximum Gasteiger partial charge on any atom is 0.0914 e. The molecule has 130 valence electrons. The average Bonchev–Trinajstić information content (AvgIpc) is 3.05. The Bertz CT molecular complexity index is 765. The molecule has 1 aromatic heterocycles. The second-order valence-electron chi connectivity index (χ2n) is 6.42. The molecule has 0 radical (unpaired) electrons. The van der Waals surface area contributed by atoms with Gasteiger partial charge in [-0.2, -0.15) is 5.10 Å². The number of benzene rings is 2. The van der Waals surface area contributed by atoms with E-state index in [9.17, 15) is 5.11 Å². The molecule has 4 nitrogen and oxygen atoms in total. The van der Waals surface area contributed by atoms with Crippen molar-refractivity contribution in [3.8, 4) is 0 Å². The van der Waals surface area contributed by atoms with Gasteiger partial charge in [0.2, 0.25) is 0 Å². The van der Waals surface area contributed by atoms with Gasteiger partial charge >= 0.3 is 0 Å². The molecule has 2 aromatic carbocycles. The van der Waals surface area contributed by atoms with Gasteiger partial charge in [0.1, 0.15) is 0 Å². The number of rotatable bonds is 8. The Labute approximate surface area is 148 Å². The van der Waals surface area contributed by atoms with Crippen molar-refractivity contribution in [3.05, 3.63) is 88.7 Å². The van der Waals surface area contributed by atoms with E-state index in [0.717, 1.165) is 36.3 Å². The summed E-state index contributed by atoms with van der Waals surface area (Å²) in [5.74, 6) is 0. The molecule has 0 aliphatic carbocycles. The van der Waals surface area contributed by atoms with Gasteiger partial charge in [-0.05, 0) is 42.6 Å². The average molecular weight is 335 g/mol. The SMILES string of the molecule is Cc1cc(Cc2ccc(CCNC[C@H](O)c3ccccc3)cc2)n[nH]1. The van der Waals surface area contributed by atoms with E-state index in [0.29, 0.717) is 6.54 Å². The van der Waals surface area contributed by atoms with Gasteiger partial charge in [-0.15, -0.1) is 0 Å². The predicted molar refractivity (Wildman–Crippen MR) is 101 cm³/mol. The fourth-order valence-electron chi connectivity index (χ4n) is 2.86. The largest absolute Gasteiger partial charge is 0.387 e. The molecular weight excluding hydrogens is 310 g/mol. The van der Waals surface area contributed by atoms with Crippen LogP contribution in [-0.4, -0.2) is 28.4 Å². The maximum absolute atomic E-state index is 10.1. The minimum Gasteiger partial charge on any atom is -0.387 e. The quantitative estimate of drug-likeness (QED) is 0.554. The lowest BCUT2D eigenvalue weighted by Gasteiger charge is -2.12. The van der Waals surface area contributed by atoms with Crippen LogP contribution >= 0.6 is 0 Å². The number of hydrogen-bond donors (Lipinski definition) is 3. The summed E-state index contributed by atoms with van der Waals surface area (Å²) >= 11 is 0. The number of aliphatic hydroxyl groups excluding tert-OH is 1. The van der Waals surface area contributed by atoms with E-state index in [4.69, 9.17) is 0 Å². The normalized spacial score (nSPS) is 12.2. The first-order valence-electron chi connectivity index (χ1n) is 8.73. The monoisotopic (exact) mass is 335 g/mol. The summed E-state index contributed by atoms with van der Waals surface area (Å²) in [5, 5.41) is 20.7. The van der Waals surface area contributed by atoms with Crippen LogP contribution in [0.25, 0.3) is 0 Å². The highest BCUT2D eigenvalue weighted by Gasteiger charge is 2.05. The lowest BCUT2D eigenvalue weighted by Crippen LogP contribution is -2.23. The van der Waals surface area contributed by atoms with E-state index in [2.05, 4.69) is 45.8 Å². The number of nitrogens with one attached hydrogen (secondary N) is 2. The minimum atomic E-state index is -0.458. The van der Waals surface area contributed by atoms with Crippen LogP contribution in [0.4, 0.5) is 0 Å². The molecule has 0 fully saturated rings. The van der Waals surface area contributed by atoms with Gasteiger partial charge in [0, 0.05) is 18.7 Å². The topological polar surface area (TPSA) is 60.9 Å². The molecular formula is C21H25N3O. The molecule has 25 heavy (non-hydrogen) atoms. The molecule has 4 heteroatoms. The van der Waals surface area contributed by atoms with Crippen LogP contribution in [0.2, 0.25) is 0 Å². The van der Waals surface area contributed by atoms with E-state index >= 15 is 0 Å². The van der Waals surface area contributed by atoms with Gasteiger partial charge in [-0.3, -0.25) is 5.10 Å². The number of aliphatic hydroxyl groups is 1. The third-order valence-electron chi connectivity index (χ3n) is 4.28. The molecule has 1 heterocycles. The molecule has 0 amide bonds. The first kappa shape index (κ1) is 17.4. The molecule has 0 unspecified atom stereocenters. The Morgan fingerprint density at radius 2 is 1.76 bits per heavy atom. The van der Waals surface area contributed by atoms with E-state index in [1.807, 2.05) is 37.3 Å². The van der Waals surface area contributed by atoms with Crippen LogP contribution in [0.15, 0.2) is 60.7 Å². The number of nitrogens with zero attached hydrogens (tertiary/aromatic N) is 1. The molecule has 0 bridgehead atoms. The van der Waals surface area contributed by atoms with Crippen molar-refractivity contribution in [3.63, 3.8) is 0 Å². The Morgan fingerprint density at radius 3 is 2.44 bits per heavy atom. The molecule has 0 aliphatic heterocycles. The van der Waals surface area contributed by atoms with Crippen LogP contribution in [0.5, 0.6) is 0 Å². The third kappa shape index (κ3) is 5.28. The fourth-order valence-corrected chi connectivity index (χ4v) is 2.86. The highest BCUT2D eigenvalue weighted by atomic mass is 16.3. The zero-order valence-corrected chi connectivity index (χ0v) is 14.6. The number of H-pyrrole nitrogens is 1. The second-order valence-corrected chi connectivity index (χ2v) is 6.42. The molecule has 3 rings (SSSR count). The van der Waals surface area contributed by atoms with Crippen molar-refractivity contribution in [2.45, 2.75) is 25.9 Å². The molecule has 3 N–H and O–H groups in total. The Hall–Kier alpha value is -2.43. The highest BCUT2D eigenvalue weighted by molar-refractivity contribution is 5.26. The van der Waals surface area contributed by atoms with Gasteiger partial charge < -0.3 is 10.4 Å². The van der Waals surface area contributed by atoms with Crippen molar-refractivity contribution >= 4 is 0 Å². The summed E-state index contributed by atoms with van der Waals surface area (Å²) < 4.78 is 0. The van der Waals surface area contributed by atoms with Crippen molar-refractivity contribution in [1.29, 1.82) is 0 Å². The zero-order valence-electron chi connectivity index (χ0n) is 14.6. The van der Waals surface area contributed by atoms with Crippen LogP contribution < -0.4 is 5.32 Å². The van der Waals surface area contributed by atoms with Crippen molar-refractivity contribution in [1.82, 2.24) is 15.5 Å². The summed E-state index contributed by atoms with van der Waals surface area (Å²) in [4.78, 5) is 0. The van der Waals surface area contributed by atoms with Gasteiger partial charge in [-0.25, -0.2) is 0 Å². The molecule has 3 aromatic rings. The molecule has 1 atom stereocenters. The standard InChI is InChI=1S/C21H25N3O/c1-16-13-20(24-23-16)14-18-9-7-17(8-10-18)11-12-22-15-21(25)19-5-3-2-4-6-19/h2-10,13,21-22,25H,11-12,14-15H2,1H3,(H,23,24)/t21-/m0/s1. The predicted octanol–water partition coefficient (Wildman–Crippen LogP) is 3.17. The lowest BCUT2D eigenvalue weighted by molar-refractivity contribution is 0.175. The summed E-state index contributed by atoms with van der Waals surface area (Å²) in [7, 11) is 0. The highest BCUT2D eigenvalue weighted by Crippen LogP contribution is 2.12. The minimum absolute atomic E-state index is 0.458. The number of aryl methyl sites for hydroxylation is 1. The zero-order chi connectivity index (χ0) is 17.5. The first-order valence-corrected chi connectivity index (χ1v) is 8.73. The molecule has 0 aliphatic rings. The second kappa shape index (κ2) is 8.60. The van der Waals surface area contributed by atoms with E-state index in [1.165, 1.54) is 11.1 Å². The van der Waals surface area contributed by atoms with Crippen molar-refractivity contribution in [2.24, 2.45) is 0 Å². The van der Waals surface area contributed by atoms with Crippen LogP contribution in [0.3, 0.4) is 0 Å². The number of hydrogen-bond acceptors (Lipinski definition) is 3. The summed E-state index contributed by atoms with van der Waals surface area (Å²) in [6.45, 7) is 3.43. The van der Waals surface area contributed by atoms with Crippen molar-refractivity contribution < 1.29 is 5.11 Å². The Morgan fingerprint density at radius 1 is 1.04 bits per heavy atom. The van der Waals surface area contributed by atoms with Crippen molar-refractivity contribution in [2.75, 3.05) is 13.1 Å². The Kier molecular flexibility index (Phi) is 5.99. The van der Waals surface area contributed by atoms with Gasteiger partial charge in [0.25, 0.3) is 0 Å². The molecule has 0 saturated carbocycles. The fraction of sp³-hybridized carbons (Fsp3) is 0.286.